The number of aromatic nitrogens is 4. The number of nitrogen functional groups attached to an aromatic ring is 1. The zero-order valence-corrected chi connectivity index (χ0v) is 16.9. The van der Waals surface area contributed by atoms with Gasteiger partial charge in [0.15, 0.2) is 5.58 Å². The summed E-state index contributed by atoms with van der Waals surface area (Å²) in [5, 5.41) is 8.82. The second-order valence-electron chi connectivity index (χ2n) is 7.10. The van der Waals surface area contributed by atoms with Gasteiger partial charge < -0.3 is 15.5 Å². The molecular formula is C20H18Cl2N6O. The number of rotatable bonds is 3. The van der Waals surface area contributed by atoms with Gasteiger partial charge in [-0.3, -0.25) is 4.68 Å². The Bertz CT molecular complexity index is 1200. The summed E-state index contributed by atoms with van der Waals surface area (Å²) >= 11 is 12.3. The third kappa shape index (κ3) is 3.46. The van der Waals surface area contributed by atoms with Crippen molar-refractivity contribution in [2.45, 2.75) is 18.9 Å². The smallest absolute Gasteiger partial charge is 0.231 e. The van der Waals surface area contributed by atoms with E-state index in [2.05, 4.69) is 26.6 Å². The SMILES string of the molecule is Nc1ncc(-c2cnn(C3CCNCC3)c2)cc1-c1nc2cc(Cl)cc(Cl)c2o1. The Labute approximate surface area is 176 Å². The zero-order valence-electron chi connectivity index (χ0n) is 15.4. The van der Waals surface area contributed by atoms with Crippen LogP contribution in [0.3, 0.4) is 0 Å². The maximum absolute atomic E-state index is 6.23. The van der Waals surface area contributed by atoms with E-state index >= 15 is 0 Å². The molecule has 0 amide bonds. The van der Waals surface area contributed by atoms with Crippen LogP contribution in [0.25, 0.3) is 33.7 Å². The summed E-state index contributed by atoms with van der Waals surface area (Å²) in [5.74, 6) is 0.676. The fourth-order valence-electron chi connectivity index (χ4n) is 3.64. The number of hydrogen-bond acceptors (Lipinski definition) is 6. The van der Waals surface area contributed by atoms with Crippen molar-refractivity contribution in [3.63, 3.8) is 0 Å². The summed E-state index contributed by atoms with van der Waals surface area (Å²) in [6.45, 7) is 2.02. The summed E-state index contributed by atoms with van der Waals surface area (Å²) in [6.07, 6.45) is 7.77. The number of halogens is 2. The molecule has 7 nitrogen and oxygen atoms in total. The molecule has 29 heavy (non-hydrogen) atoms. The molecule has 3 aromatic heterocycles. The van der Waals surface area contributed by atoms with Gasteiger partial charge in [-0.1, -0.05) is 23.2 Å². The van der Waals surface area contributed by atoms with Crippen LogP contribution in [0.4, 0.5) is 5.82 Å². The van der Waals surface area contributed by atoms with Gasteiger partial charge in [-0.2, -0.15) is 5.10 Å². The molecule has 1 saturated heterocycles. The van der Waals surface area contributed by atoms with Gasteiger partial charge in [-0.05, 0) is 44.1 Å². The highest BCUT2D eigenvalue weighted by molar-refractivity contribution is 6.38. The van der Waals surface area contributed by atoms with Crippen LogP contribution in [-0.2, 0) is 0 Å². The Morgan fingerprint density at radius 2 is 1.93 bits per heavy atom. The zero-order chi connectivity index (χ0) is 20.0. The Balaban J connectivity index is 1.52. The molecule has 5 rings (SSSR count). The molecule has 1 aliphatic rings. The summed E-state index contributed by atoms with van der Waals surface area (Å²) < 4.78 is 7.90. The quantitative estimate of drug-likeness (QED) is 0.496. The van der Waals surface area contributed by atoms with Crippen LogP contribution in [0.2, 0.25) is 10.0 Å². The number of nitrogens with zero attached hydrogens (tertiary/aromatic N) is 4. The fourth-order valence-corrected chi connectivity index (χ4v) is 4.16. The molecule has 1 aliphatic heterocycles. The highest BCUT2D eigenvalue weighted by atomic mass is 35.5. The van der Waals surface area contributed by atoms with Crippen LogP contribution >= 0.6 is 23.2 Å². The minimum absolute atomic E-state index is 0.327. The van der Waals surface area contributed by atoms with Crippen molar-refractivity contribution >= 4 is 40.1 Å². The molecule has 0 aliphatic carbocycles. The minimum Gasteiger partial charge on any atom is -0.434 e. The lowest BCUT2D eigenvalue weighted by Gasteiger charge is -2.22. The summed E-state index contributed by atoms with van der Waals surface area (Å²) in [7, 11) is 0. The molecule has 0 atom stereocenters. The molecule has 4 aromatic rings. The highest BCUT2D eigenvalue weighted by Crippen LogP contribution is 2.35. The molecule has 0 bridgehead atoms. The molecule has 0 radical (unpaired) electrons. The number of nitrogens with one attached hydrogen (secondary N) is 1. The molecule has 0 spiro atoms. The minimum atomic E-state index is 0.327. The third-order valence-corrected chi connectivity index (χ3v) is 5.68. The van der Waals surface area contributed by atoms with Crippen molar-refractivity contribution in [3.8, 4) is 22.6 Å². The van der Waals surface area contributed by atoms with Crippen molar-refractivity contribution in [1.82, 2.24) is 25.1 Å². The van der Waals surface area contributed by atoms with Crippen molar-refractivity contribution < 1.29 is 4.42 Å². The molecule has 9 heteroatoms. The standard InChI is InChI=1S/C20H18Cl2N6O/c21-13-6-16(22)18-17(7-13)27-20(29-18)15-5-11(8-25-19(15)23)12-9-26-28(10-12)14-1-3-24-4-2-14/h5-10,14,24H,1-4H2,(H2,23,25). The molecule has 148 valence electrons. The number of fused-ring (bicyclic) bond motifs is 1. The Hall–Kier alpha value is -2.61. The lowest BCUT2D eigenvalue weighted by atomic mass is 10.1. The number of oxazole rings is 1. The summed E-state index contributed by atoms with van der Waals surface area (Å²) in [5.41, 5.74) is 9.61. The molecule has 1 aromatic carbocycles. The van der Waals surface area contributed by atoms with E-state index in [1.807, 2.05) is 16.9 Å². The Morgan fingerprint density at radius 3 is 2.76 bits per heavy atom. The summed E-state index contributed by atoms with van der Waals surface area (Å²) in [4.78, 5) is 8.83. The molecule has 3 N–H and O–H groups in total. The van der Waals surface area contributed by atoms with Crippen LogP contribution in [0, 0.1) is 0 Å². The monoisotopic (exact) mass is 428 g/mol. The van der Waals surface area contributed by atoms with E-state index in [0.717, 1.165) is 37.1 Å². The van der Waals surface area contributed by atoms with E-state index in [0.29, 0.717) is 44.5 Å². The first-order chi connectivity index (χ1) is 14.1. The lowest BCUT2D eigenvalue weighted by molar-refractivity contribution is 0.343. The molecule has 0 unspecified atom stereocenters. The number of benzene rings is 1. The summed E-state index contributed by atoms with van der Waals surface area (Å²) in [6, 6.07) is 5.64. The van der Waals surface area contributed by atoms with Crippen LogP contribution in [-0.4, -0.2) is 32.8 Å². The van der Waals surface area contributed by atoms with E-state index in [9.17, 15) is 0 Å². The molecule has 1 fully saturated rings. The van der Waals surface area contributed by atoms with E-state index < -0.39 is 0 Å². The van der Waals surface area contributed by atoms with E-state index in [4.69, 9.17) is 33.4 Å². The van der Waals surface area contributed by atoms with Gasteiger partial charge in [0.25, 0.3) is 0 Å². The van der Waals surface area contributed by atoms with Crippen LogP contribution in [0.15, 0.2) is 41.2 Å². The van der Waals surface area contributed by atoms with E-state index in [-0.39, 0.29) is 0 Å². The van der Waals surface area contributed by atoms with Crippen LogP contribution < -0.4 is 11.1 Å². The molecular weight excluding hydrogens is 411 g/mol. The maximum atomic E-state index is 6.23. The first-order valence-electron chi connectivity index (χ1n) is 9.35. The van der Waals surface area contributed by atoms with Gasteiger partial charge in [0.1, 0.15) is 11.3 Å². The predicted molar refractivity (Wildman–Crippen MR) is 114 cm³/mol. The lowest BCUT2D eigenvalue weighted by Crippen LogP contribution is -2.29. The average molecular weight is 429 g/mol. The number of piperidine rings is 1. The Kier molecular flexibility index (Phi) is 4.66. The van der Waals surface area contributed by atoms with Gasteiger partial charge in [0, 0.05) is 28.5 Å². The second kappa shape index (κ2) is 7.33. The molecule has 0 saturated carbocycles. The highest BCUT2D eigenvalue weighted by Gasteiger charge is 2.18. The van der Waals surface area contributed by atoms with Gasteiger partial charge in [-0.15, -0.1) is 0 Å². The average Bonchev–Trinajstić information content (AvgIpc) is 3.37. The second-order valence-corrected chi connectivity index (χ2v) is 7.95. The predicted octanol–water partition coefficient (Wildman–Crippen LogP) is 4.57. The maximum Gasteiger partial charge on any atom is 0.231 e. The normalized spacial score (nSPS) is 15.2. The number of nitrogens with two attached hydrogens (primary N) is 1. The van der Waals surface area contributed by atoms with Gasteiger partial charge >= 0.3 is 0 Å². The third-order valence-electron chi connectivity index (χ3n) is 5.18. The van der Waals surface area contributed by atoms with Gasteiger partial charge in [0.2, 0.25) is 5.89 Å². The van der Waals surface area contributed by atoms with Crippen LogP contribution in [0.1, 0.15) is 18.9 Å². The Morgan fingerprint density at radius 1 is 1.10 bits per heavy atom. The number of hydrogen-bond donors (Lipinski definition) is 2. The topological polar surface area (TPSA) is 94.8 Å². The number of anilines is 1. The van der Waals surface area contributed by atoms with Crippen LogP contribution in [0.5, 0.6) is 0 Å². The van der Waals surface area contributed by atoms with Crippen molar-refractivity contribution in [3.05, 3.63) is 46.8 Å². The van der Waals surface area contributed by atoms with Crippen molar-refractivity contribution in [2.24, 2.45) is 0 Å². The van der Waals surface area contributed by atoms with E-state index in [1.54, 1.807) is 18.3 Å². The largest absolute Gasteiger partial charge is 0.434 e. The van der Waals surface area contributed by atoms with Gasteiger partial charge in [0.05, 0.1) is 22.8 Å². The van der Waals surface area contributed by atoms with E-state index in [1.165, 1.54) is 0 Å². The van der Waals surface area contributed by atoms with Gasteiger partial charge in [-0.25, -0.2) is 9.97 Å². The molecule has 4 heterocycles. The fraction of sp³-hybridized carbons (Fsp3) is 0.250. The first-order valence-corrected chi connectivity index (χ1v) is 10.1. The van der Waals surface area contributed by atoms with Crippen molar-refractivity contribution in [2.75, 3.05) is 18.8 Å². The number of pyridine rings is 1. The van der Waals surface area contributed by atoms with Crippen molar-refractivity contribution in [1.29, 1.82) is 0 Å². The first kappa shape index (κ1) is 18.4.